The van der Waals surface area contributed by atoms with Crippen molar-refractivity contribution < 1.29 is 24.2 Å². The first-order valence-corrected chi connectivity index (χ1v) is 11.0. The minimum atomic E-state index is -0.570. The van der Waals surface area contributed by atoms with Crippen molar-refractivity contribution in [2.24, 2.45) is 0 Å². The molecule has 1 aliphatic heterocycles. The molecule has 0 atom stereocenters. The number of phenolic OH excluding ortho intramolecular Hbond substituents is 1. The molecule has 0 aromatic heterocycles. The number of thioether (sulfide) groups is 1. The van der Waals surface area contributed by atoms with E-state index in [4.69, 9.17) is 4.74 Å². The molecule has 156 valence electrons. The topological polar surface area (TPSA) is 95.9 Å². The van der Waals surface area contributed by atoms with Crippen molar-refractivity contribution in [3.8, 4) is 11.5 Å². The van der Waals surface area contributed by atoms with Crippen molar-refractivity contribution in [3.63, 3.8) is 0 Å². The van der Waals surface area contributed by atoms with Crippen molar-refractivity contribution >= 4 is 72.4 Å². The van der Waals surface area contributed by atoms with Crippen molar-refractivity contribution in [2.75, 3.05) is 19.0 Å². The molecule has 3 amide bonds. The second kappa shape index (κ2) is 9.23. The van der Waals surface area contributed by atoms with E-state index in [1.165, 1.54) is 19.3 Å². The predicted octanol–water partition coefficient (Wildman–Crippen LogP) is 4.91. The number of rotatable bonds is 5. The van der Waals surface area contributed by atoms with E-state index >= 15 is 0 Å². The molecule has 1 fully saturated rings. The highest BCUT2D eigenvalue weighted by atomic mass is 79.9. The highest BCUT2D eigenvalue weighted by molar-refractivity contribution is 9.13. The zero-order chi connectivity index (χ0) is 22.0. The Labute approximate surface area is 193 Å². The monoisotopic (exact) mass is 554 g/mol. The number of carbonyl (C=O) groups is 3. The van der Waals surface area contributed by atoms with Gasteiger partial charge in [-0.1, -0.05) is 17.7 Å². The number of halogens is 2. The number of imide groups is 1. The van der Waals surface area contributed by atoms with Gasteiger partial charge in [0.25, 0.3) is 11.1 Å². The van der Waals surface area contributed by atoms with Crippen LogP contribution in [0.4, 0.5) is 10.5 Å². The molecule has 0 unspecified atom stereocenters. The number of anilines is 1. The van der Waals surface area contributed by atoms with Crippen LogP contribution in [0.2, 0.25) is 0 Å². The fourth-order valence-corrected chi connectivity index (χ4v) is 4.30. The van der Waals surface area contributed by atoms with Gasteiger partial charge in [-0.15, -0.1) is 0 Å². The summed E-state index contributed by atoms with van der Waals surface area (Å²) in [6, 6.07) is 8.71. The van der Waals surface area contributed by atoms with Crippen molar-refractivity contribution in [1.29, 1.82) is 0 Å². The van der Waals surface area contributed by atoms with E-state index in [-0.39, 0.29) is 22.9 Å². The van der Waals surface area contributed by atoms with Crippen LogP contribution in [0.25, 0.3) is 6.08 Å². The third kappa shape index (κ3) is 4.71. The summed E-state index contributed by atoms with van der Waals surface area (Å²) < 4.78 is 5.96. The van der Waals surface area contributed by atoms with Crippen LogP contribution in [0.3, 0.4) is 0 Å². The molecule has 0 bridgehead atoms. The Morgan fingerprint density at radius 2 is 1.90 bits per heavy atom. The molecular weight excluding hydrogens is 540 g/mol. The zero-order valence-electron chi connectivity index (χ0n) is 15.9. The smallest absolute Gasteiger partial charge is 0.294 e. The highest BCUT2D eigenvalue weighted by Gasteiger charge is 2.36. The lowest BCUT2D eigenvalue weighted by atomic mass is 10.2. The number of methoxy groups -OCH3 is 1. The fraction of sp³-hybridized carbons (Fsp3) is 0.150. The van der Waals surface area contributed by atoms with Gasteiger partial charge in [0.2, 0.25) is 5.91 Å². The predicted molar refractivity (Wildman–Crippen MR) is 123 cm³/mol. The van der Waals surface area contributed by atoms with E-state index in [2.05, 4.69) is 37.2 Å². The summed E-state index contributed by atoms with van der Waals surface area (Å²) >= 11 is 7.33. The first kappa shape index (κ1) is 22.4. The molecule has 0 saturated carbocycles. The molecule has 2 aromatic rings. The number of nitrogens with zero attached hydrogens (tertiary/aromatic N) is 1. The first-order valence-electron chi connectivity index (χ1n) is 8.58. The van der Waals surface area contributed by atoms with Crippen LogP contribution < -0.4 is 10.1 Å². The van der Waals surface area contributed by atoms with Crippen molar-refractivity contribution in [3.05, 3.63) is 55.3 Å². The maximum absolute atomic E-state index is 12.7. The van der Waals surface area contributed by atoms with Gasteiger partial charge in [-0.05, 0) is 80.4 Å². The Kier molecular flexibility index (Phi) is 6.89. The number of carbonyl (C=O) groups excluding carboxylic acids is 3. The first-order chi connectivity index (χ1) is 14.2. The molecule has 10 heteroatoms. The van der Waals surface area contributed by atoms with Crippen LogP contribution in [-0.2, 0) is 9.59 Å². The number of ether oxygens (including phenoxy) is 1. The lowest BCUT2D eigenvalue weighted by Gasteiger charge is -2.13. The Morgan fingerprint density at radius 1 is 1.23 bits per heavy atom. The van der Waals surface area contributed by atoms with E-state index in [1.54, 1.807) is 12.1 Å². The number of amides is 3. The largest absolute Gasteiger partial charge is 0.503 e. The van der Waals surface area contributed by atoms with Gasteiger partial charge in [-0.25, -0.2) is 0 Å². The van der Waals surface area contributed by atoms with Crippen LogP contribution in [0, 0.1) is 6.92 Å². The van der Waals surface area contributed by atoms with Gasteiger partial charge in [0.15, 0.2) is 11.5 Å². The number of aryl methyl sites for hydroxylation is 1. The average molecular weight is 556 g/mol. The van der Waals surface area contributed by atoms with Gasteiger partial charge in [0.05, 0.1) is 16.5 Å². The minimum Gasteiger partial charge on any atom is -0.503 e. The third-order valence-corrected chi connectivity index (χ3v) is 7.26. The Bertz CT molecular complexity index is 1070. The number of nitrogens with one attached hydrogen (secondary N) is 1. The number of aromatic hydroxyl groups is 1. The van der Waals surface area contributed by atoms with Gasteiger partial charge in [-0.3, -0.25) is 19.3 Å². The van der Waals surface area contributed by atoms with Gasteiger partial charge in [0.1, 0.15) is 6.54 Å². The summed E-state index contributed by atoms with van der Waals surface area (Å²) in [5.74, 6) is -0.938. The molecule has 1 heterocycles. The molecule has 0 spiro atoms. The number of benzene rings is 2. The zero-order valence-corrected chi connectivity index (χ0v) is 19.9. The minimum absolute atomic E-state index is 0.0950. The lowest BCUT2D eigenvalue weighted by Crippen LogP contribution is -2.36. The van der Waals surface area contributed by atoms with E-state index in [0.717, 1.165) is 22.2 Å². The van der Waals surface area contributed by atoms with Gasteiger partial charge >= 0.3 is 0 Å². The second-order valence-corrected chi connectivity index (χ2v) is 8.91. The van der Waals surface area contributed by atoms with Crippen LogP contribution >= 0.6 is 43.6 Å². The quantitative estimate of drug-likeness (QED) is 0.509. The molecular formula is C20H16Br2N2O5S. The molecule has 2 aromatic carbocycles. The summed E-state index contributed by atoms with van der Waals surface area (Å²) in [6.45, 7) is 1.54. The van der Waals surface area contributed by atoms with Crippen LogP contribution in [0.15, 0.2) is 44.2 Å². The van der Waals surface area contributed by atoms with Gasteiger partial charge < -0.3 is 15.2 Å². The van der Waals surface area contributed by atoms with E-state index in [0.29, 0.717) is 20.2 Å². The summed E-state index contributed by atoms with van der Waals surface area (Å²) in [4.78, 5) is 38.3. The molecule has 0 radical (unpaired) electrons. The SMILES string of the molecule is COc1cc(C=C2SC(=O)N(CC(=O)Nc3ccc(C)cc3)C2=O)c(Br)c(Br)c1O. The summed E-state index contributed by atoms with van der Waals surface area (Å²) in [5.41, 5.74) is 2.15. The van der Waals surface area contributed by atoms with Gasteiger partial charge in [-0.2, -0.15) is 0 Å². The lowest BCUT2D eigenvalue weighted by molar-refractivity contribution is -0.127. The molecule has 3 rings (SSSR count). The maximum atomic E-state index is 12.7. The van der Waals surface area contributed by atoms with E-state index < -0.39 is 17.1 Å². The Balaban J connectivity index is 1.78. The number of phenols is 1. The molecule has 30 heavy (non-hydrogen) atoms. The van der Waals surface area contributed by atoms with Crippen molar-refractivity contribution in [2.45, 2.75) is 6.92 Å². The summed E-state index contributed by atoms with van der Waals surface area (Å²) in [7, 11) is 1.40. The normalized spacial score (nSPS) is 15.1. The number of hydrogen-bond acceptors (Lipinski definition) is 6. The maximum Gasteiger partial charge on any atom is 0.294 e. The summed E-state index contributed by atoms with van der Waals surface area (Å²) in [5, 5.41) is 12.2. The third-order valence-electron chi connectivity index (χ3n) is 4.19. The number of hydrogen-bond donors (Lipinski definition) is 2. The molecule has 1 aliphatic rings. The molecule has 0 aliphatic carbocycles. The molecule has 2 N–H and O–H groups in total. The van der Waals surface area contributed by atoms with Crippen LogP contribution in [-0.4, -0.2) is 40.7 Å². The fourth-order valence-electron chi connectivity index (χ4n) is 2.63. The highest BCUT2D eigenvalue weighted by Crippen LogP contribution is 2.43. The average Bonchev–Trinajstić information content (AvgIpc) is 2.97. The van der Waals surface area contributed by atoms with Crippen LogP contribution in [0.5, 0.6) is 11.5 Å². The summed E-state index contributed by atoms with van der Waals surface area (Å²) in [6.07, 6.45) is 1.50. The standard InChI is InChI=1S/C20H16Br2N2O5S/c1-10-3-5-12(6-4-10)23-15(25)9-24-19(27)14(30-20(24)28)8-11-7-13(29-2)18(26)17(22)16(11)21/h3-8,26H,9H2,1-2H3,(H,23,25). The molecule has 1 saturated heterocycles. The van der Waals surface area contributed by atoms with Crippen LogP contribution in [0.1, 0.15) is 11.1 Å². The second-order valence-electron chi connectivity index (χ2n) is 6.33. The van der Waals surface area contributed by atoms with E-state index in [1.807, 2.05) is 19.1 Å². The van der Waals surface area contributed by atoms with Gasteiger partial charge in [0, 0.05) is 10.2 Å². The van der Waals surface area contributed by atoms with E-state index in [9.17, 15) is 19.5 Å². The Morgan fingerprint density at radius 3 is 2.53 bits per heavy atom. The Hall–Kier alpha value is -2.30. The van der Waals surface area contributed by atoms with Crippen molar-refractivity contribution in [1.82, 2.24) is 4.90 Å². The molecule has 7 nitrogen and oxygen atoms in total.